The first kappa shape index (κ1) is 13.8. The summed E-state index contributed by atoms with van der Waals surface area (Å²) in [6.45, 7) is 5.11. The average Bonchev–Trinajstić information content (AvgIpc) is 2.41. The highest BCUT2D eigenvalue weighted by atomic mass is 19.1. The zero-order valence-corrected chi connectivity index (χ0v) is 11.5. The molecule has 0 saturated heterocycles. The van der Waals surface area contributed by atoms with Crippen LogP contribution in [0.15, 0.2) is 48.5 Å². The fourth-order valence-electron chi connectivity index (χ4n) is 2.16. The number of benzene rings is 2. The van der Waals surface area contributed by atoms with E-state index < -0.39 is 0 Å². The second-order valence-electron chi connectivity index (χ2n) is 4.85. The fraction of sp³-hybridized carbons (Fsp3) is 0.294. The van der Waals surface area contributed by atoms with Crippen molar-refractivity contribution in [1.29, 1.82) is 0 Å². The fourth-order valence-corrected chi connectivity index (χ4v) is 2.16. The monoisotopic (exact) mass is 257 g/mol. The lowest BCUT2D eigenvalue weighted by atomic mass is 9.97. The van der Waals surface area contributed by atoms with Crippen LogP contribution in [0, 0.1) is 12.7 Å². The maximum atomic E-state index is 13.4. The van der Waals surface area contributed by atoms with Gasteiger partial charge < -0.3 is 5.32 Å². The van der Waals surface area contributed by atoms with E-state index in [9.17, 15) is 4.39 Å². The predicted octanol–water partition coefficient (Wildman–Crippen LogP) is 4.22. The van der Waals surface area contributed by atoms with Gasteiger partial charge in [0.1, 0.15) is 5.82 Å². The standard InChI is InChI=1S/C17H20FN/c1-3-11-19-17(14-9-7-13(2)8-10-14)15-5-4-6-16(18)12-15/h4-10,12,17,19H,3,11H2,1-2H3. The summed E-state index contributed by atoms with van der Waals surface area (Å²) in [5, 5.41) is 3.48. The summed E-state index contributed by atoms with van der Waals surface area (Å²) in [7, 11) is 0. The molecule has 19 heavy (non-hydrogen) atoms. The van der Waals surface area contributed by atoms with Gasteiger partial charge >= 0.3 is 0 Å². The van der Waals surface area contributed by atoms with Gasteiger partial charge in [-0.15, -0.1) is 0 Å². The maximum absolute atomic E-state index is 13.4. The first-order valence-corrected chi connectivity index (χ1v) is 6.76. The number of hydrogen-bond donors (Lipinski definition) is 1. The molecule has 0 spiro atoms. The minimum absolute atomic E-state index is 0.0521. The molecule has 1 atom stereocenters. The van der Waals surface area contributed by atoms with Crippen molar-refractivity contribution in [1.82, 2.24) is 5.32 Å². The molecular weight excluding hydrogens is 237 g/mol. The van der Waals surface area contributed by atoms with E-state index in [0.717, 1.165) is 18.5 Å². The molecule has 0 aliphatic carbocycles. The van der Waals surface area contributed by atoms with Crippen LogP contribution in [0.25, 0.3) is 0 Å². The van der Waals surface area contributed by atoms with Crippen LogP contribution in [0.4, 0.5) is 4.39 Å². The number of hydrogen-bond acceptors (Lipinski definition) is 1. The van der Waals surface area contributed by atoms with Gasteiger partial charge in [-0.1, -0.05) is 48.9 Å². The Labute approximate surface area is 114 Å². The molecule has 2 rings (SSSR count). The second kappa shape index (κ2) is 6.48. The van der Waals surface area contributed by atoms with E-state index in [1.807, 2.05) is 6.07 Å². The molecule has 2 aromatic rings. The molecule has 1 unspecified atom stereocenters. The maximum Gasteiger partial charge on any atom is 0.123 e. The Balaban J connectivity index is 2.32. The van der Waals surface area contributed by atoms with Gasteiger partial charge in [-0.3, -0.25) is 0 Å². The van der Waals surface area contributed by atoms with Gasteiger partial charge in [0.05, 0.1) is 6.04 Å². The summed E-state index contributed by atoms with van der Waals surface area (Å²) in [6, 6.07) is 15.3. The lowest BCUT2D eigenvalue weighted by molar-refractivity contribution is 0.585. The Morgan fingerprint density at radius 3 is 2.42 bits per heavy atom. The molecule has 0 saturated carbocycles. The molecule has 1 nitrogen and oxygen atoms in total. The van der Waals surface area contributed by atoms with Crippen molar-refractivity contribution >= 4 is 0 Å². The Morgan fingerprint density at radius 1 is 1.05 bits per heavy atom. The van der Waals surface area contributed by atoms with Gasteiger partial charge in [0.2, 0.25) is 0 Å². The zero-order valence-electron chi connectivity index (χ0n) is 11.5. The van der Waals surface area contributed by atoms with Crippen molar-refractivity contribution in [3.63, 3.8) is 0 Å². The highest BCUT2D eigenvalue weighted by Gasteiger charge is 2.13. The van der Waals surface area contributed by atoms with Crippen molar-refractivity contribution in [2.45, 2.75) is 26.3 Å². The van der Waals surface area contributed by atoms with Crippen LogP contribution in [0.1, 0.15) is 36.1 Å². The summed E-state index contributed by atoms with van der Waals surface area (Å²) in [4.78, 5) is 0. The van der Waals surface area contributed by atoms with E-state index in [1.165, 1.54) is 17.2 Å². The summed E-state index contributed by atoms with van der Waals surface area (Å²) >= 11 is 0. The lowest BCUT2D eigenvalue weighted by Crippen LogP contribution is -2.23. The van der Waals surface area contributed by atoms with Crippen LogP contribution in [-0.2, 0) is 0 Å². The number of halogens is 1. The molecule has 100 valence electrons. The normalized spacial score (nSPS) is 12.4. The first-order chi connectivity index (χ1) is 9.20. The molecule has 2 heteroatoms. The smallest absolute Gasteiger partial charge is 0.123 e. The highest BCUT2D eigenvalue weighted by Crippen LogP contribution is 2.23. The van der Waals surface area contributed by atoms with Gasteiger partial charge in [0.15, 0.2) is 0 Å². The molecule has 0 amide bonds. The van der Waals surface area contributed by atoms with E-state index >= 15 is 0 Å². The summed E-state index contributed by atoms with van der Waals surface area (Å²) in [6.07, 6.45) is 1.05. The third kappa shape index (κ3) is 3.65. The molecule has 0 radical (unpaired) electrons. The van der Waals surface area contributed by atoms with Gasteiger partial charge in [-0.05, 0) is 43.1 Å². The Kier molecular flexibility index (Phi) is 4.69. The molecule has 0 aromatic heterocycles. The van der Waals surface area contributed by atoms with Crippen LogP contribution in [0.2, 0.25) is 0 Å². The second-order valence-corrected chi connectivity index (χ2v) is 4.85. The summed E-state index contributed by atoms with van der Waals surface area (Å²) in [5.74, 6) is -0.187. The third-order valence-corrected chi connectivity index (χ3v) is 3.19. The van der Waals surface area contributed by atoms with E-state index in [4.69, 9.17) is 0 Å². The minimum Gasteiger partial charge on any atom is -0.306 e. The van der Waals surface area contributed by atoms with Gasteiger partial charge in [-0.2, -0.15) is 0 Å². The summed E-state index contributed by atoms with van der Waals surface area (Å²) in [5.41, 5.74) is 3.37. The SMILES string of the molecule is CCCNC(c1ccc(C)cc1)c1cccc(F)c1. The predicted molar refractivity (Wildman–Crippen MR) is 77.7 cm³/mol. The Morgan fingerprint density at radius 2 is 1.79 bits per heavy atom. The molecule has 0 heterocycles. The average molecular weight is 257 g/mol. The topological polar surface area (TPSA) is 12.0 Å². The largest absolute Gasteiger partial charge is 0.306 e. The molecule has 2 aromatic carbocycles. The van der Waals surface area contributed by atoms with E-state index in [1.54, 1.807) is 12.1 Å². The molecule has 0 aliphatic rings. The van der Waals surface area contributed by atoms with Gasteiger partial charge in [0.25, 0.3) is 0 Å². The van der Waals surface area contributed by atoms with Crippen molar-refractivity contribution in [2.24, 2.45) is 0 Å². The van der Waals surface area contributed by atoms with Crippen LogP contribution in [0.3, 0.4) is 0 Å². The van der Waals surface area contributed by atoms with Crippen molar-refractivity contribution in [3.05, 3.63) is 71.0 Å². The first-order valence-electron chi connectivity index (χ1n) is 6.76. The molecule has 0 aliphatic heterocycles. The number of rotatable bonds is 5. The minimum atomic E-state index is -0.187. The Bertz CT molecular complexity index is 519. The Hall–Kier alpha value is -1.67. The van der Waals surface area contributed by atoms with Gasteiger partial charge in [-0.25, -0.2) is 4.39 Å². The van der Waals surface area contributed by atoms with Crippen molar-refractivity contribution in [2.75, 3.05) is 6.54 Å². The van der Waals surface area contributed by atoms with Crippen LogP contribution in [-0.4, -0.2) is 6.54 Å². The lowest BCUT2D eigenvalue weighted by Gasteiger charge is -2.20. The van der Waals surface area contributed by atoms with E-state index in [2.05, 4.69) is 43.4 Å². The number of aryl methyl sites for hydroxylation is 1. The molecular formula is C17H20FN. The summed E-state index contributed by atoms with van der Waals surface area (Å²) < 4.78 is 13.4. The number of nitrogens with one attached hydrogen (secondary N) is 1. The molecule has 0 bridgehead atoms. The zero-order chi connectivity index (χ0) is 13.7. The third-order valence-electron chi connectivity index (χ3n) is 3.19. The van der Waals surface area contributed by atoms with Gasteiger partial charge in [0, 0.05) is 0 Å². The van der Waals surface area contributed by atoms with Crippen LogP contribution in [0.5, 0.6) is 0 Å². The van der Waals surface area contributed by atoms with E-state index in [0.29, 0.717) is 0 Å². The van der Waals surface area contributed by atoms with Crippen LogP contribution < -0.4 is 5.32 Å². The molecule has 1 N–H and O–H groups in total. The highest BCUT2D eigenvalue weighted by molar-refractivity contribution is 5.33. The van der Waals surface area contributed by atoms with E-state index in [-0.39, 0.29) is 11.9 Å². The quantitative estimate of drug-likeness (QED) is 0.845. The molecule has 0 fully saturated rings. The van der Waals surface area contributed by atoms with Crippen LogP contribution >= 0.6 is 0 Å². The van der Waals surface area contributed by atoms with Crippen molar-refractivity contribution < 1.29 is 4.39 Å². The van der Waals surface area contributed by atoms with Crippen molar-refractivity contribution in [3.8, 4) is 0 Å².